The summed E-state index contributed by atoms with van der Waals surface area (Å²) >= 11 is 0. The van der Waals surface area contributed by atoms with Crippen molar-refractivity contribution in [2.24, 2.45) is 5.92 Å². The number of aromatic amines is 1. The van der Waals surface area contributed by atoms with Crippen molar-refractivity contribution in [3.63, 3.8) is 0 Å². The molecule has 2 atom stereocenters. The molecule has 0 aromatic carbocycles. The zero-order valence-corrected chi connectivity index (χ0v) is 9.90. The van der Waals surface area contributed by atoms with Crippen molar-refractivity contribution >= 4 is 16.9 Å². The molecule has 1 saturated heterocycles. The van der Waals surface area contributed by atoms with Gasteiger partial charge in [0.1, 0.15) is 17.3 Å². The molecule has 4 N–H and O–H groups in total. The van der Waals surface area contributed by atoms with Crippen molar-refractivity contribution in [3.05, 3.63) is 18.1 Å². The first kappa shape index (κ1) is 10.5. The summed E-state index contributed by atoms with van der Waals surface area (Å²) in [6.45, 7) is 4.27. The van der Waals surface area contributed by atoms with E-state index in [9.17, 15) is 0 Å². The highest BCUT2D eigenvalue weighted by atomic mass is 15.0. The van der Waals surface area contributed by atoms with E-state index >= 15 is 0 Å². The standard InChI is InChI=1S/C12H17N5/c1-7-2-4-14-6-9(7)12-16-10(13)8-3-5-15-11(8)17-12/h3,5,7,9,14H,2,4,6H2,1H3,(H3,13,15,16,17)/t7-,9+/m1/s1. The van der Waals surface area contributed by atoms with Gasteiger partial charge in [0, 0.05) is 18.7 Å². The Morgan fingerprint density at radius 2 is 2.29 bits per heavy atom. The monoisotopic (exact) mass is 231 g/mol. The Hall–Kier alpha value is -1.62. The van der Waals surface area contributed by atoms with E-state index in [1.54, 1.807) is 0 Å². The van der Waals surface area contributed by atoms with Gasteiger partial charge in [0.15, 0.2) is 0 Å². The van der Waals surface area contributed by atoms with Gasteiger partial charge in [0.2, 0.25) is 0 Å². The molecule has 5 heteroatoms. The minimum atomic E-state index is 0.360. The summed E-state index contributed by atoms with van der Waals surface area (Å²) < 4.78 is 0. The molecule has 2 aromatic heterocycles. The highest BCUT2D eigenvalue weighted by Gasteiger charge is 2.25. The fraction of sp³-hybridized carbons (Fsp3) is 0.500. The molecule has 0 aliphatic carbocycles. The zero-order chi connectivity index (χ0) is 11.8. The molecule has 17 heavy (non-hydrogen) atoms. The molecule has 2 aromatic rings. The van der Waals surface area contributed by atoms with Gasteiger partial charge in [-0.3, -0.25) is 0 Å². The molecule has 0 saturated carbocycles. The topological polar surface area (TPSA) is 79.6 Å². The Kier molecular flexibility index (Phi) is 2.48. The van der Waals surface area contributed by atoms with Gasteiger partial charge < -0.3 is 16.0 Å². The molecule has 1 aliphatic rings. The number of hydrogen-bond acceptors (Lipinski definition) is 4. The van der Waals surface area contributed by atoms with Gasteiger partial charge in [-0.25, -0.2) is 9.97 Å². The lowest BCUT2D eigenvalue weighted by Crippen LogP contribution is -2.34. The molecular formula is C12H17N5. The van der Waals surface area contributed by atoms with Crippen molar-refractivity contribution < 1.29 is 0 Å². The highest BCUT2D eigenvalue weighted by molar-refractivity contribution is 5.85. The smallest absolute Gasteiger partial charge is 0.143 e. The summed E-state index contributed by atoms with van der Waals surface area (Å²) in [5.41, 5.74) is 6.80. The van der Waals surface area contributed by atoms with Crippen molar-refractivity contribution in [3.8, 4) is 0 Å². The summed E-state index contributed by atoms with van der Waals surface area (Å²) in [4.78, 5) is 12.1. The lowest BCUT2D eigenvalue weighted by Gasteiger charge is -2.28. The number of nitrogens with zero attached hydrogens (tertiary/aromatic N) is 2. The van der Waals surface area contributed by atoms with E-state index in [-0.39, 0.29) is 0 Å². The largest absolute Gasteiger partial charge is 0.383 e. The second-order valence-electron chi connectivity index (χ2n) is 4.78. The van der Waals surface area contributed by atoms with Crippen LogP contribution < -0.4 is 11.1 Å². The van der Waals surface area contributed by atoms with Gasteiger partial charge in [-0.2, -0.15) is 0 Å². The number of piperidine rings is 1. The maximum Gasteiger partial charge on any atom is 0.143 e. The van der Waals surface area contributed by atoms with Gasteiger partial charge >= 0.3 is 0 Å². The Bertz CT molecular complexity index is 533. The number of nitrogens with one attached hydrogen (secondary N) is 2. The van der Waals surface area contributed by atoms with Gasteiger partial charge in [-0.05, 0) is 24.9 Å². The number of anilines is 1. The quantitative estimate of drug-likeness (QED) is 0.690. The first-order valence-electron chi connectivity index (χ1n) is 6.07. The van der Waals surface area contributed by atoms with Crippen LogP contribution in [0.15, 0.2) is 12.3 Å². The molecule has 3 heterocycles. The second-order valence-corrected chi connectivity index (χ2v) is 4.78. The minimum Gasteiger partial charge on any atom is -0.383 e. The van der Waals surface area contributed by atoms with Gasteiger partial charge in [-0.15, -0.1) is 0 Å². The number of aromatic nitrogens is 3. The van der Waals surface area contributed by atoms with E-state index in [4.69, 9.17) is 5.73 Å². The van der Waals surface area contributed by atoms with E-state index in [1.165, 1.54) is 0 Å². The van der Waals surface area contributed by atoms with E-state index in [0.29, 0.717) is 17.7 Å². The van der Waals surface area contributed by atoms with Crippen molar-refractivity contribution in [1.29, 1.82) is 0 Å². The molecule has 3 rings (SSSR count). The van der Waals surface area contributed by atoms with Crippen LogP contribution in [0.25, 0.3) is 11.0 Å². The molecule has 90 valence electrons. The Morgan fingerprint density at radius 3 is 3.12 bits per heavy atom. The lowest BCUT2D eigenvalue weighted by molar-refractivity contribution is 0.338. The van der Waals surface area contributed by atoms with Crippen LogP contribution in [0, 0.1) is 5.92 Å². The van der Waals surface area contributed by atoms with Crippen LogP contribution in [-0.2, 0) is 0 Å². The van der Waals surface area contributed by atoms with Crippen molar-refractivity contribution in [1.82, 2.24) is 20.3 Å². The van der Waals surface area contributed by atoms with Crippen LogP contribution in [0.2, 0.25) is 0 Å². The third-order valence-corrected chi connectivity index (χ3v) is 3.62. The molecule has 1 fully saturated rings. The second kappa shape index (κ2) is 4.00. The molecule has 5 nitrogen and oxygen atoms in total. The summed E-state index contributed by atoms with van der Waals surface area (Å²) in [7, 11) is 0. The number of rotatable bonds is 1. The predicted octanol–water partition coefficient (Wildman–Crippen LogP) is 1.25. The van der Waals surface area contributed by atoms with E-state index in [2.05, 4.69) is 27.2 Å². The summed E-state index contributed by atoms with van der Waals surface area (Å²) in [6, 6.07) is 1.91. The van der Waals surface area contributed by atoms with Crippen LogP contribution in [0.5, 0.6) is 0 Å². The van der Waals surface area contributed by atoms with E-state index in [0.717, 1.165) is 36.4 Å². The first-order chi connectivity index (χ1) is 8.25. The first-order valence-corrected chi connectivity index (χ1v) is 6.07. The molecule has 0 radical (unpaired) electrons. The summed E-state index contributed by atoms with van der Waals surface area (Å²) in [6.07, 6.45) is 3.01. The fourth-order valence-electron chi connectivity index (χ4n) is 2.48. The van der Waals surface area contributed by atoms with Crippen molar-refractivity contribution in [2.75, 3.05) is 18.8 Å². The normalized spacial score (nSPS) is 25.2. The average molecular weight is 231 g/mol. The van der Waals surface area contributed by atoms with Gasteiger partial charge in [0.25, 0.3) is 0 Å². The van der Waals surface area contributed by atoms with Crippen LogP contribution in [0.4, 0.5) is 5.82 Å². The maximum atomic E-state index is 5.96. The number of H-pyrrole nitrogens is 1. The number of nitrogen functional groups attached to an aromatic ring is 1. The van der Waals surface area contributed by atoms with Gasteiger partial charge in [-0.1, -0.05) is 6.92 Å². The molecule has 0 unspecified atom stereocenters. The molecule has 0 amide bonds. The zero-order valence-electron chi connectivity index (χ0n) is 9.90. The molecule has 0 bridgehead atoms. The van der Waals surface area contributed by atoms with Crippen molar-refractivity contribution in [2.45, 2.75) is 19.3 Å². The number of fused-ring (bicyclic) bond motifs is 1. The number of nitrogens with two attached hydrogens (primary N) is 1. The minimum absolute atomic E-state index is 0.360. The SMILES string of the molecule is C[C@@H]1CCNC[C@@H]1c1nc(N)c2cc[nH]c2n1. The summed E-state index contributed by atoms with van der Waals surface area (Å²) in [5, 5.41) is 4.30. The predicted molar refractivity (Wildman–Crippen MR) is 67.7 cm³/mol. The van der Waals surface area contributed by atoms with E-state index < -0.39 is 0 Å². The van der Waals surface area contributed by atoms with Crippen LogP contribution in [-0.4, -0.2) is 28.0 Å². The third kappa shape index (κ3) is 1.76. The Morgan fingerprint density at radius 1 is 1.41 bits per heavy atom. The average Bonchev–Trinajstić information content (AvgIpc) is 2.78. The Labute approximate surface area is 99.8 Å². The molecule has 1 aliphatic heterocycles. The van der Waals surface area contributed by atoms with E-state index in [1.807, 2.05) is 12.3 Å². The fourth-order valence-corrected chi connectivity index (χ4v) is 2.48. The number of hydrogen-bond donors (Lipinski definition) is 3. The van der Waals surface area contributed by atoms with Gasteiger partial charge in [0.05, 0.1) is 5.39 Å². The highest BCUT2D eigenvalue weighted by Crippen LogP contribution is 2.28. The summed E-state index contributed by atoms with van der Waals surface area (Å²) in [5.74, 6) is 2.39. The Balaban J connectivity index is 2.04. The lowest BCUT2D eigenvalue weighted by atomic mass is 9.87. The molecular weight excluding hydrogens is 214 g/mol. The van der Waals surface area contributed by atoms with Crippen LogP contribution in [0.3, 0.4) is 0 Å². The maximum absolute atomic E-state index is 5.96. The van der Waals surface area contributed by atoms with Crippen LogP contribution >= 0.6 is 0 Å². The van der Waals surface area contributed by atoms with Crippen LogP contribution in [0.1, 0.15) is 25.1 Å². The molecule has 0 spiro atoms. The third-order valence-electron chi connectivity index (χ3n) is 3.62.